The first-order valence-corrected chi connectivity index (χ1v) is 10.7. The van der Waals surface area contributed by atoms with Crippen LogP contribution in [0.25, 0.3) is 6.08 Å². The summed E-state index contributed by atoms with van der Waals surface area (Å²) in [6.45, 7) is 1.03. The number of hydrogen-bond acceptors (Lipinski definition) is 7. The zero-order valence-electron chi connectivity index (χ0n) is 16.4. The molecule has 9 heteroatoms. The van der Waals surface area contributed by atoms with Crippen LogP contribution >= 0.6 is 11.3 Å². The van der Waals surface area contributed by atoms with Crippen LogP contribution in [-0.2, 0) is 22.4 Å². The number of ether oxygens (including phenoxy) is 1. The van der Waals surface area contributed by atoms with Gasteiger partial charge in [-0.3, -0.25) is 9.78 Å². The number of anilines is 2. The Morgan fingerprint density at radius 1 is 1.43 bits per heavy atom. The van der Waals surface area contributed by atoms with Crippen molar-refractivity contribution in [3.63, 3.8) is 0 Å². The number of nitrogens with zero attached hydrogens (tertiary/aromatic N) is 2. The summed E-state index contributed by atoms with van der Waals surface area (Å²) in [5.41, 5.74) is 8.83. The molecule has 30 heavy (non-hydrogen) atoms. The number of aliphatic hydroxyl groups is 1. The Morgan fingerprint density at radius 3 is 3.00 bits per heavy atom. The minimum atomic E-state index is -0.434. The van der Waals surface area contributed by atoms with Gasteiger partial charge in [-0.1, -0.05) is 6.07 Å². The van der Waals surface area contributed by atoms with Gasteiger partial charge in [-0.15, -0.1) is 11.3 Å². The van der Waals surface area contributed by atoms with Crippen molar-refractivity contribution in [2.24, 2.45) is 5.92 Å². The van der Waals surface area contributed by atoms with Crippen LogP contribution in [0.3, 0.4) is 0 Å². The second-order valence-electron chi connectivity index (χ2n) is 7.60. The van der Waals surface area contributed by atoms with E-state index >= 15 is 0 Å². The number of rotatable bonds is 5. The molecule has 0 bridgehead atoms. The Kier molecular flexibility index (Phi) is 6.01. The fraction of sp³-hybridized carbons (Fsp3) is 0.381. The molecule has 3 heterocycles. The molecular formula is C21H24N4O4S. The van der Waals surface area contributed by atoms with Crippen LogP contribution in [0.1, 0.15) is 22.4 Å². The summed E-state index contributed by atoms with van der Waals surface area (Å²) < 4.78 is 5.39. The number of aromatic nitrogens is 1. The maximum atomic E-state index is 12.3. The number of hydrogen-bond donors (Lipinski definition) is 3. The van der Waals surface area contributed by atoms with Crippen LogP contribution < -0.4 is 11.1 Å². The summed E-state index contributed by atoms with van der Waals surface area (Å²) in [7, 11) is 0. The molecular weight excluding hydrogens is 404 g/mol. The zero-order chi connectivity index (χ0) is 21.1. The second-order valence-corrected chi connectivity index (χ2v) is 8.71. The molecule has 2 amide bonds. The minimum absolute atomic E-state index is 0.222. The van der Waals surface area contributed by atoms with E-state index in [1.807, 2.05) is 12.1 Å². The van der Waals surface area contributed by atoms with Crippen molar-refractivity contribution < 1.29 is 19.4 Å². The van der Waals surface area contributed by atoms with Gasteiger partial charge in [0.1, 0.15) is 5.00 Å². The first-order chi connectivity index (χ1) is 14.5. The number of thiophene rings is 1. The van der Waals surface area contributed by atoms with Crippen molar-refractivity contribution in [3.05, 3.63) is 46.6 Å². The Balaban J connectivity index is 1.32. The molecule has 8 nitrogen and oxygen atoms in total. The van der Waals surface area contributed by atoms with Crippen LogP contribution in [0.15, 0.2) is 30.6 Å². The molecule has 2 aromatic heterocycles. The van der Waals surface area contributed by atoms with Gasteiger partial charge in [0.25, 0.3) is 0 Å². The molecule has 0 aromatic carbocycles. The van der Waals surface area contributed by atoms with Crippen molar-refractivity contribution >= 4 is 40.1 Å². The van der Waals surface area contributed by atoms with Crippen LogP contribution in [0.5, 0.6) is 0 Å². The third-order valence-corrected chi connectivity index (χ3v) is 6.51. The first kappa shape index (κ1) is 20.4. The summed E-state index contributed by atoms with van der Waals surface area (Å²) in [6.07, 6.45) is 8.15. The quantitative estimate of drug-likeness (QED) is 0.629. The molecule has 4 rings (SSSR count). The van der Waals surface area contributed by atoms with Crippen molar-refractivity contribution in [2.45, 2.75) is 25.4 Å². The Bertz CT molecular complexity index is 953. The highest BCUT2D eigenvalue weighted by atomic mass is 32.1. The number of likely N-dealkylation sites (tertiary alicyclic amines) is 1. The highest BCUT2D eigenvalue weighted by Crippen LogP contribution is 2.41. The molecule has 1 fully saturated rings. The summed E-state index contributed by atoms with van der Waals surface area (Å²) in [6, 6.07) is 3.68. The molecule has 1 aliphatic heterocycles. The van der Waals surface area contributed by atoms with Crippen LogP contribution in [0.4, 0.5) is 15.5 Å². The average molecular weight is 429 g/mol. The van der Waals surface area contributed by atoms with Gasteiger partial charge >= 0.3 is 6.09 Å². The number of fused-ring (bicyclic) bond motifs is 1. The number of nitrogen functional groups attached to an aromatic ring is 1. The van der Waals surface area contributed by atoms with Gasteiger partial charge in [0, 0.05) is 23.3 Å². The van der Waals surface area contributed by atoms with E-state index in [1.165, 1.54) is 22.3 Å². The lowest BCUT2D eigenvalue weighted by Gasteiger charge is -2.35. The van der Waals surface area contributed by atoms with Crippen molar-refractivity contribution in [1.82, 2.24) is 9.88 Å². The number of nitrogens with two attached hydrogens (primary N) is 1. The van der Waals surface area contributed by atoms with Crippen LogP contribution in [0.2, 0.25) is 0 Å². The average Bonchev–Trinajstić information content (AvgIpc) is 3.03. The topological polar surface area (TPSA) is 118 Å². The number of amides is 2. The van der Waals surface area contributed by atoms with E-state index in [0.29, 0.717) is 30.4 Å². The van der Waals surface area contributed by atoms with Crippen LogP contribution in [0, 0.1) is 5.92 Å². The van der Waals surface area contributed by atoms with Crippen molar-refractivity contribution in [2.75, 3.05) is 30.7 Å². The van der Waals surface area contributed by atoms with E-state index in [0.717, 1.165) is 35.3 Å². The molecule has 1 saturated heterocycles. The Hall–Kier alpha value is -2.91. The molecule has 0 spiro atoms. The predicted octanol–water partition coefficient (Wildman–Crippen LogP) is 2.30. The van der Waals surface area contributed by atoms with Gasteiger partial charge in [-0.2, -0.15) is 0 Å². The van der Waals surface area contributed by atoms with E-state index in [9.17, 15) is 14.7 Å². The minimum Gasteiger partial charge on any atom is -0.449 e. The van der Waals surface area contributed by atoms with Crippen molar-refractivity contribution in [1.29, 1.82) is 0 Å². The number of carbonyl (C=O) groups is 2. The highest BCUT2D eigenvalue weighted by molar-refractivity contribution is 7.17. The normalized spacial score (nSPS) is 18.7. The number of aliphatic hydroxyl groups excluding tert-OH is 1. The van der Waals surface area contributed by atoms with Gasteiger partial charge in [0.15, 0.2) is 0 Å². The van der Waals surface area contributed by atoms with E-state index < -0.39 is 6.10 Å². The Morgan fingerprint density at radius 2 is 2.27 bits per heavy atom. The molecule has 1 atom stereocenters. The predicted molar refractivity (Wildman–Crippen MR) is 115 cm³/mol. The fourth-order valence-corrected chi connectivity index (χ4v) is 4.88. The highest BCUT2D eigenvalue weighted by Gasteiger charge is 2.31. The molecule has 1 aliphatic carbocycles. The maximum absolute atomic E-state index is 12.3. The number of carbonyl (C=O) groups excluding carboxylic acids is 2. The smallest absolute Gasteiger partial charge is 0.409 e. The molecule has 158 valence electrons. The Labute approximate surface area is 178 Å². The lowest BCUT2D eigenvalue weighted by atomic mass is 9.89. The van der Waals surface area contributed by atoms with Gasteiger partial charge in [0.05, 0.1) is 31.5 Å². The van der Waals surface area contributed by atoms with E-state index in [2.05, 4.69) is 10.3 Å². The standard InChI is InChI=1S/C21H24N4O4S/c22-19-16-5-3-14(12-29-21(28)25-10-15(26)11-25)8-17(16)30-20(19)24-18(27)6-4-13-2-1-7-23-9-13/h1-2,4,6-7,9,14-15,26H,3,5,8,10-12,22H2,(H,24,27)/b6-4+/t14-/m1/s1. The largest absolute Gasteiger partial charge is 0.449 e. The molecule has 2 aliphatic rings. The molecule has 2 aromatic rings. The number of pyridine rings is 1. The summed E-state index contributed by atoms with van der Waals surface area (Å²) in [5.74, 6) is -0.0221. The van der Waals surface area contributed by atoms with E-state index in [-0.39, 0.29) is 17.9 Å². The van der Waals surface area contributed by atoms with Gasteiger partial charge in [0.2, 0.25) is 5.91 Å². The monoisotopic (exact) mass is 428 g/mol. The van der Waals surface area contributed by atoms with E-state index in [4.69, 9.17) is 10.5 Å². The molecule has 0 unspecified atom stereocenters. The summed E-state index contributed by atoms with van der Waals surface area (Å²) >= 11 is 1.49. The zero-order valence-corrected chi connectivity index (χ0v) is 17.2. The maximum Gasteiger partial charge on any atom is 0.409 e. The second kappa shape index (κ2) is 8.85. The number of nitrogens with one attached hydrogen (secondary N) is 1. The lowest BCUT2D eigenvalue weighted by Crippen LogP contribution is -2.53. The first-order valence-electron chi connectivity index (χ1n) is 9.88. The number of β-amino-alcohol motifs (C(OH)–C–C–N with tert-alkyl or cyclic N) is 1. The summed E-state index contributed by atoms with van der Waals surface area (Å²) in [4.78, 5) is 30.8. The van der Waals surface area contributed by atoms with Gasteiger partial charge < -0.3 is 25.8 Å². The van der Waals surface area contributed by atoms with E-state index in [1.54, 1.807) is 18.5 Å². The third-order valence-electron chi connectivity index (χ3n) is 5.32. The third kappa shape index (κ3) is 4.63. The van der Waals surface area contributed by atoms with Crippen LogP contribution in [-0.4, -0.2) is 52.8 Å². The lowest BCUT2D eigenvalue weighted by molar-refractivity contribution is -0.111. The summed E-state index contributed by atoms with van der Waals surface area (Å²) in [5, 5.41) is 12.8. The van der Waals surface area contributed by atoms with Gasteiger partial charge in [-0.25, -0.2) is 4.79 Å². The molecule has 0 saturated carbocycles. The SMILES string of the molecule is Nc1c(NC(=O)/C=C/c2cccnc2)sc2c1CC[C@@H](COC(=O)N1CC(O)C1)C2. The molecule has 4 N–H and O–H groups in total. The van der Waals surface area contributed by atoms with Gasteiger partial charge in [-0.05, 0) is 48.4 Å². The van der Waals surface area contributed by atoms with Crippen molar-refractivity contribution in [3.8, 4) is 0 Å². The molecule has 0 radical (unpaired) electrons. The fourth-order valence-electron chi connectivity index (χ4n) is 3.60.